The first kappa shape index (κ1) is 8.10. The zero-order valence-electron chi connectivity index (χ0n) is 7.61. The van der Waals surface area contributed by atoms with E-state index in [9.17, 15) is 0 Å². The maximum atomic E-state index is 2.34. The summed E-state index contributed by atoms with van der Waals surface area (Å²) in [6, 6.07) is 0. The molecule has 0 nitrogen and oxygen atoms in total. The Labute approximate surface area is 65.0 Å². The Morgan fingerprint density at radius 2 is 1.90 bits per heavy atom. The maximum absolute atomic E-state index is 2.34. The van der Waals surface area contributed by atoms with Gasteiger partial charge in [0.1, 0.15) is 0 Å². The fourth-order valence-electron chi connectivity index (χ4n) is 1.55. The van der Waals surface area contributed by atoms with E-state index >= 15 is 0 Å². The van der Waals surface area contributed by atoms with Crippen molar-refractivity contribution >= 4 is 0 Å². The van der Waals surface area contributed by atoms with Crippen molar-refractivity contribution in [2.45, 2.75) is 52.9 Å². The molecule has 0 atom stereocenters. The van der Waals surface area contributed by atoms with E-state index in [1.54, 1.807) is 0 Å². The SMILES string of the molecule is CCC1(CCC(C)C)CC1. The molecule has 60 valence electrons. The summed E-state index contributed by atoms with van der Waals surface area (Å²) in [6.45, 7) is 6.99. The van der Waals surface area contributed by atoms with Crippen LogP contribution >= 0.6 is 0 Å². The summed E-state index contributed by atoms with van der Waals surface area (Å²) in [6.07, 6.45) is 7.36. The Morgan fingerprint density at radius 3 is 2.20 bits per heavy atom. The lowest BCUT2D eigenvalue weighted by atomic mass is 9.93. The molecule has 0 heteroatoms. The molecule has 1 saturated carbocycles. The molecule has 0 aromatic carbocycles. The molecule has 1 aliphatic carbocycles. The van der Waals surface area contributed by atoms with Crippen LogP contribution in [0.25, 0.3) is 0 Å². The molecule has 0 saturated heterocycles. The van der Waals surface area contributed by atoms with Gasteiger partial charge in [0.15, 0.2) is 0 Å². The first-order valence-electron chi connectivity index (χ1n) is 4.68. The number of hydrogen-bond donors (Lipinski definition) is 0. The van der Waals surface area contributed by atoms with Crippen LogP contribution in [0.1, 0.15) is 52.9 Å². The Balaban J connectivity index is 2.13. The molecular weight excluding hydrogens is 120 g/mol. The predicted octanol–water partition coefficient (Wildman–Crippen LogP) is 3.61. The smallest absolute Gasteiger partial charge is 0.0300 e. The van der Waals surface area contributed by atoms with Crippen molar-refractivity contribution in [3.8, 4) is 0 Å². The van der Waals surface area contributed by atoms with Crippen molar-refractivity contribution in [3.05, 3.63) is 0 Å². The highest BCUT2D eigenvalue weighted by Gasteiger charge is 2.39. The second-order valence-electron chi connectivity index (χ2n) is 4.29. The van der Waals surface area contributed by atoms with Crippen molar-refractivity contribution in [1.82, 2.24) is 0 Å². The van der Waals surface area contributed by atoms with Gasteiger partial charge in [-0.25, -0.2) is 0 Å². The molecule has 0 unspecified atom stereocenters. The lowest BCUT2D eigenvalue weighted by Crippen LogP contribution is -2.00. The number of hydrogen-bond acceptors (Lipinski definition) is 0. The molecule has 1 rings (SSSR count). The van der Waals surface area contributed by atoms with Gasteiger partial charge in [-0.15, -0.1) is 0 Å². The Hall–Kier alpha value is 0. The first-order chi connectivity index (χ1) is 4.68. The van der Waals surface area contributed by atoms with E-state index < -0.39 is 0 Å². The van der Waals surface area contributed by atoms with Crippen LogP contribution in [-0.4, -0.2) is 0 Å². The first-order valence-corrected chi connectivity index (χ1v) is 4.68. The fraction of sp³-hybridized carbons (Fsp3) is 1.00. The van der Waals surface area contributed by atoms with Gasteiger partial charge in [0.25, 0.3) is 0 Å². The summed E-state index contributed by atoms with van der Waals surface area (Å²) in [5.74, 6) is 0.907. The van der Waals surface area contributed by atoms with E-state index in [-0.39, 0.29) is 0 Å². The van der Waals surface area contributed by atoms with E-state index in [0.29, 0.717) is 0 Å². The predicted molar refractivity (Wildman–Crippen MR) is 46.0 cm³/mol. The van der Waals surface area contributed by atoms with Gasteiger partial charge >= 0.3 is 0 Å². The molecule has 0 N–H and O–H groups in total. The number of rotatable bonds is 4. The van der Waals surface area contributed by atoms with Crippen LogP contribution in [0.15, 0.2) is 0 Å². The molecular formula is C10H20. The highest BCUT2D eigenvalue weighted by atomic mass is 14.4. The van der Waals surface area contributed by atoms with Crippen molar-refractivity contribution < 1.29 is 0 Å². The highest BCUT2D eigenvalue weighted by Crippen LogP contribution is 2.52. The van der Waals surface area contributed by atoms with Gasteiger partial charge in [0.05, 0.1) is 0 Å². The third-order valence-corrected chi connectivity index (χ3v) is 2.96. The van der Waals surface area contributed by atoms with Gasteiger partial charge in [-0.3, -0.25) is 0 Å². The zero-order valence-corrected chi connectivity index (χ0v) is 7.61. The standard InChI is InChI=1S/C10H20/c1-4-10(7-8-10)6-5-9(2)3/h9H,4-8H2,1-3H3. The molecule has 0 aromatic heterocycles. The molecule has 0 radical (unpaired) electrons. The third kappa shape index (κ3) is 2.00. The fourth-order valence-corrected chi connectivity index (χ4v) is 1.55. The summed E-state index contributed by atoms with van der Waals surface area (Å²) in [4.78, 5) is 0. The lowest BCUT2D eigenvalue weighted by molar-refractivity contribution is 0.394. The molecule has 0 aromatic rings. The second kappa shape index (κ2) is 2.94. The zero-order chi connectivity index (χ0) is 7.61. The van der Waals surface area contributed by atoms with Gasteiger partial charge in [0.2, 0.25) is 0 Å². The van der Waals surface area contributed by atoms with Crippen molar-refractivity contribution in [2.24, 2.45) is 11.3 Å². The summed E-state index contributed by atoms with van der Waals surface area (Å²) < 4.78 is 0. The Bertz CT molecular complexity index is 98.6. The topological polar surface area (TPSA) is 0 Å². The minimum atomic E-state index is 0.824. The van der Waals surface area contributed by atoms with Crippen LogP contribution in [0, 0.1) is 11.3 Å². The van der Waals surface area contributed by atoms with E-state index in [1.165, 1.54) is 32.1 Å². The Kier molecular flexibility index (Phi) is 2.38. The molecule has 0 bridgehead atoms. The van der Waals surface area contributed by atoms with Gasteiger partial charge in [-0.2, -0.15) is 0 Å². The molecule has 0 spiro atoms. The highest BCUT2D eigenvalue weighted by molar-refractivity contribution is 4.91. The summed E-state index contributed by atoms with van der Waals surface area (Å²) in [5, 5.41) is 0. The van der Waals surface area contributed by atoms with Crippen LogP contribution in [0.3, 0.4) is 0 Å². The van der Waals surface area contributed by atoms with E-state index in [4.69, 9.17) is 0 Å². The molecule has 1 aliphatic rings. The minimum Gasteiger partial charge on any atom is -0.0649 e. The van der Waals surface area contributed by atoms with Gasteiger partial charge in [0, 0.05) is 0 Å². The second-order valence-corrected chi connectivity index (χ2v) is 4.29. The molecule has 0 aliphatic heterocycles. The summed E-state index contributed by atoms with van der Waals surface area (Å²) in [7, 11) is 0. The average Bonchev–Trinajstić information content (AvgIpc) is 2.64. The molecule has 0 heterocycles. The largest absolute Gasteiger partial charge is 0.0649 e. The quantitative estimate of drug-likeness (QED) is 0.559. The minimum absolute atomic E-state index is 0.824. The molecule has 1 fully saturated rings. The normalized spacial score (nSPS) is 21.6. The monoisotopic (exact) mass is 140 g/mol. The lowest BCUT2D eigenvalue weighted by Gasteiger charge is -2.12. The van der Waals surface area contributed by atoms with Crippen LogP contribution in [0.4, 0.5) is 0 Å². The molecule has 0 amide bonds. The van der Waals surface area contributed by atoms with Crippen LogP contribution < -0.4 is 0 Å². The molecule has 10 heavy (non-hydrogen) atoms. The summed E-state index contributed by atoms with van der Waals surface area (Å²) in [5.41, 5.74) is 0.824. The summed E-state index contributed by atoms with van der Waals surface area (Å²) >= 11 is 0. The average molecular weight is 140 g/mol. The van der Waals surface area contributed by atoms with Gasteiger partial charge < -0.3 is 0 Å². The van der Waals surface area contributed by atoms with Crippen molar-refractivity contribution in [3.63, 3.8) is 0 Å². The Morgan fingerprint density at radius 1 is 1.30 bits per heavy atom. The van der Waals surface area contributed by atoms with E-state index in [0.717, 1.165) is 11.3 Å². The van der Waals surface area contributed by atoms with Gasteiger partial charge in [-0.1, -0.05) is 33.6 Å². The van der Waals surface area contributed by atoms with Crippen LogP contribution in [0.2, 0.25) is 0 Å². The van der Waals surface area contributed by atoms with E-state index in [1.807, 2.05) is 0 Å². The van der Waals surface area contributed by atoms with Crippen LogP contribution in [-0.2, 0) is 0 Å². The maximum Gasteiger partial charge on any atom is -0.0300 e. The van der Waals surface area contributed by atoms with Gasteiger partial charge in [-0.05, 0) is 30.6 Å². The van der Waals surface area contributed by atoms with E-state index in [2.05, 4.69) is 20.8 Å². The van der Waals surface area contributed by atoms with Crippen LogP contribution in [0.5, 0.6) is 0 Å². The van der Waals surface area contributed by atoms with Crippen molar-refractivity contribution in [2.75, 3.05) is 0 Å². The van der Waals surface area contributed by atoms with Crippen molar-refractivity contribution in [1.29, 1.82) is 0 Å². The third-order valence-electron chi connectivity index (χ3n) is 2.96.